The standard InChI is InChI=1S/C22H22FNO2.ClH/c1-26-21-9-5-6-17(14-21)15-24-16-22(25,18-7-3-2-4-8-18)19-10-12-20(23)13-11-19;/h2-14,24-25H,15-16H2,1H3;1H. The summed E-state index contributed by atoms with van der Waals surface area (Å²) in [4.78, 5) is 0. The van der Waals surface area contributed by atoms with Gasteiger partial charge < -0.3 is 27.6 Å². The molecule has 3 rings (SSSR count). The summed E-state index contributed by atoms with van der Waals surface area (Å²) in [5, 5.41) is 13.5. The molecular weight excluding hydrogens is 365 g/mol. The van der Waals surface area contributed by atoms with E-state index in [2.05, 4.69) is 0 Å². The van der Waals surface area contributed by atoms with Crippen LogP contribution in [0.1, 0.15) is 16.7 Å². The van der Waals surface area contributed by atoms with Gasteiger partial charge in [-0.2, -0.15) is 0 Å². The highest BCUT2D eigenvalue weighted by Gasteiger charge is 2.33. The summed E-state index contributed by atoms with van der Waals surface area (Å²) < 4.78 is 18.6. The van der Waals surface area contributed by atoms with Gasteiger partial charge in [0.1, 0.15) is 24.7 Å². The molecule has 0 spiro atoms. The van der Waals surface area contributed by atoms with E-state index in [0.29, 0.717) is 18.7 Å². The van der Waals surface area contributed by atoms with E-state index in [1.807, 2.05) is 59.9 Å². The lowest BCUT2D eigenvalue weighted by Crippen LogP contribution is -3.00. The number of hydrogen-bond donors (Lipinski definition) is 2. The SMILES string of the molecule is COc1cccc(C[NH2+]CC(O)(c2ccccc2)c2ccc(F)cc2)c1.[Cl-]. The molecule has 0 aliphatic heterocycles. The van der Waals surface area contributed by atoms with Crippen LogP contribution >= 0.6 is 0 Å². The highest BCUT2D eigenvalue weighted by Crippen LogP contribution is 2.28. The summed E-state index contributed by atoms with van der Waals surface area (Å²) in [6.07, 6.45) is 0. The normalized spacial score (nSPS) is 12.7. The van der Waals surface area contributed by atoms with Crippen molar-refractivity contribution in [3.05, 3.63) is 101 Å². The molecule has 0 aromatic heterocycles. The largest absolute Gasteiger partial charge is 1.00 e. The van der Waals surface area contributed by atoms with E-state index >= 15 is 0 Å². The van der Waals surface area contributed by atoms with Gasteiger partial charge >= 0.3 is 0 Å². The molecule has 3 N–H and O–H groups in total. The van der Waals surface area contributed by atoms with E-state index in [1.54, 1.807) is 19.2 Å². The molecule has 5 heteroatoms. The van der Waals surface area contributed by atoms with Crippen LogP contribution in [-0.2, 0) is 12.1 Å². The van der Waals surface area contributed by atoms with Crippen molar-refractivity contribution < 1.29 is 32.0 Å². The lowest BCUT2D eigenvalue weighted by molar-refractivity contribution is -0.682. The zero-order valence-electron chi connectivity index (χ0n) is 15.1. The van der Waals surface area contributed by atoms with Crippen LogP contribution in [0.25, 0.3) is 0 Å². The maximum Gasteiger partial charge on any atom is 0.163 e. The van der Waals surface area contributed by atoms with Gasteiger partial charge in [0.15, 0.2) is 5.60 Å². The molecule has 27 heavy (non-hydrogen) atoms. The van der Waals surface area contributed by atoms with Crippen LogP contribution in [0.2, 0.25) is 0 Å². The average molecular weight is 388 g/mol. The second-order valence-corrected chi connectivity index (χ2v) is 6.28. The van der Waals surface area contributed by atoms with E-state index in [4.69, 9.17) is 4.74 Å². The molecule has 0 bridgehead atoms. The molecule has 0 aliphatic carbocycles. The first-order valence-corrected chi connectivity index (χ1v) is 8.60. The van der Waals surface area contributed by atoms with Crippen molar-refractivity contribution in [2.24, 2.45) is 0 Å². The third-order valence-corrected chi connectivity index (χ3v) is 4.53. The van der Waals surface area contributed by atoms with Crippen molar-refractivity contribution in [2.75, 3.05) is 13.7 Å². The topological polar surface area (TPSA) is 46.1 Å². The predicted octanol–water partition coefficient (Wildman–Crippen LogP) is -0.162. The lowest BCUT2D eigenvalue weighted by Gasteiger charge is -2.27. The molecule has 0 saturated carbocycles. The molecule has 0 radical (unpaired) electrons. The first-order valence-electron chi connectivity index (χ1n) is 8.60. The quantitative estimate of drug-likeness (QED) is 0.591. The molecule has 3 aromatic carbocycles. The first-order chi connectivity index (χ1) is 12.6. The fourth-order valence-electron chi connectivity index (χ4n) is 3.09. The maximum absolute atomic E-state index is 13.3. The van der Waals surface area contributed by atoms with Gasteiger partial charge in [-0.05, 0) is 35.4 Å². The summed E-state index contributed by atoms with van der Waals surface area (Å²) in [5.41, 5.74) is 1.37. The molecule has 0 heterocycles. The Hall–Kier alpha value is -2.40. The van der Waals surface area contributed by atoms with Crippen molar-refractivity contribution in [2.45, 2.75) is 12.1 Å². The zero-order valence-corrected chi connectivity index (χ0v) is 15.9. The lowest BCUT2D eigenvalue weighted by atomic mass is 9.86. The van der Waals surface area contributed by atoms with Gasteiger partial charge in [-0.15, -0.1) is 0 Å². The Labute approximate surface area is 165 Å². The molecule has 3 nitrogen and oxygen atoms in total. The highest BCUT2D eigenvalue weighted by molar-refractivity contribution is 5.36. The number of methoxy groups -OCH3 is 1. The van der Waals surface area contributed by atoms with Crippen LogP contribution in [0.4, 0.5) is 4.39 Å². The third-order valence-electron chi connectivity index (χ3n) is 4.53. The summed E-state index contributed by atoms with van der Waals surface area (Å²) in [7, 11) is 1.64. The Morgan fingerprint density at radius 2 is 1.59 bits per heavy atom. The number of halogens is 2. The second kappa shape index (κ2) is 9.51. The molecule has 1 unspecified atom stereocenters. The van der Waals surface area contributed by atoms with Gasteiger partial charge in [0, 0.05) is 5.56 Å². The van der Waals surface area contributed by atoms with E-state index < -0.39 is 5.60 Å². The number of nitrogens with two attached hydrogens (primary N) is 1. The van der Waals surface area contributed by atoms with Crippen LogP contribution in [0.5, 0.6) is 5.75 Å². The minimum Gasteiger partial charge on any atom is -1.00 e. The minimum absolute atomic E-state index is 0. The summed E-state index contributed by atoms with van der Waals surface area (Å²) in [5.74, 6) is 0.497. The fourth-order valence-corrected chi connectivity index (χ4v) is 3.09. The minimum atomic E-state index is -1.20. The van der Waals surface area contributed by atoms with Gasteiger partial charge in [-0.3, -0.25) is 0 Å². The van der Waals surface area contributed by atoms with Gasteiger partial charge in [-0.1, -0.05) is 54.6 Å². The van der Waals surface area contributed by atoms with Crippen molar-refractivity contribution in [1.29, 1.82) is 0 Å². The van der Waals surface area contributed by atoms with Crippen molar-refractivity contribution in [3.63, 3.8) is 0 Å². The summed E-state index contributed by atoms with van der Waals surface area (Å²) in [6.45, 7) is 1.12. The maximum atomic E-state index is 13.3. The van der Waals surface area contributed by atoms with Crippen LogP contribution in [0.3, 0.4) is 0 Å². The monoisotopic (exact) mass is 387 g/mol. The number of aliphatic hydroxyl groups is 1. The molecular formula is C22H23ClFNO2. The highest BCUT2D eigenvalue weighted by atomic mass is 35.5. The first kappa shape index (κ1) is 20.9. The smallest absolute Gasteiger partial charge is 0.163 e. The van der Waals surface area contributed by atoms with Crippen LogP contribution in [-0.4, -0.2) is 18.8 Å². The Morgan fingerprint density at radius 1 is 0.926 bits per heavy atom. The van der Waals surface area contributed by atoms with Crippen molar-refractivity contribution in [1.82, 2.24) is 0 Å². The van der Waals surface area contributed by atoms with Crippen molar-refractivity contribution >= 4 is 0 Å². The van der Waals surface area contributed by atoms with E-state index in [9.17, 15) is 9.50 Å². The van der Waals surface area contributed by atoms with Crippen LogP contribution in [0, 0.1) is 5.82 Å². The third kappa shape index (κ3) is 5.07. The number of ether oxygens (including phenoxy) is 1. The molecule has 3 aromatic rings. The Balaban J connectivity index is 0.00000261. The van der Waals surface area contributed by atoms with Crippen molar-refractivity contribution in [3.8, 4) is 5.75 Å². The Bertz CT molecular complexity index is 842. The van der Waals surface area contributed by atoms with Gasteiger partial charge in [0.05, 0.1) is 7.11 Å². The Kier molecular flexibility index (Phi) is 7.36. The van der Waals surface area contributed by atoms with Gasteiger partial charge in [-0.25, -0.2) is 4.39 Å². The van der Waals surface area contributed by atoms with E-state index in [-0.39, 0.29) is 18.2 Å². The molecule has 142 valence electrons. The number of benzene rings is 3. The molecule has 0 fully saturated rings. The van der Waals surface area contributed by atoms with Gasteiger partial charge in [0.2, 0.25) is 0 Å². The molecule has 1 atom stereocenters. The number of quaternary nitrogens is 1. The van der Waals surface area contributed by atoms with Crippen LogP contribution < -0.4 is 22.5 Å². The Morgan fingerprint density at radius 3 is 2.26 bits per heavy atom. The summed E-state index contributed by atoms with van der Waals surface area (Å²) >= 11 is 0. The molecule has 0 aliphatic rings. The van der Waals surface area contributed by atoms with E-state index in [1.165, 1.54) is 12.1 Å². The predicted molar refractivity (Wildman–Crippen MR) is 99.3 cm³/mol. The van der Waals surface area contributed by atoms with E-state index in [0.717, 1.165) is 16.9 Å². The number of hydrogen-bond acceptors (Lipinski definition) is 2. The zero-order chi connectivity index (χ0) is 18.4. The second-order valence-electron chi connectivity index (χ2n) is 6.28. The van der Waals surface area contributed by atoms with Crippen LogP contribution in [0.15, 0.2) is 78.9 Å². The molecule has 0 saturated heterocycles. The average Bonchev–Trinajstić information content (AvgIpc) is 2.69. The number of rotatable bonds is 7. The summed E-state index contributed by atoms with van der Waals surface area (Å²) in [6, 6.07) is 23.4. The molecule has 0 amide bonds. The van der Waals surface area contributed by atoms with Gasteiger partial charge in [0.25, 0.3) is 0 Å². The fraction of sp³-hybridized carbons (Fsp3) is 0.182.